The number of thiophene rings is 1. The Kier molecular flexibility index (Phi) is 4.42. The number of benzene rings is 5. The fourth-order valence-corrected chi connectivity index (χ4v) is 6.54. The van der Waals surface area contributed by atoms with E-state index in [2.05, 4.69) is 142 Å². The van der Waals surface area contributed by atoms with Crippen LogP contribution in [0.15, 0.2) is 133 Å². The molecule has 174 valence electrons. The van der Waals surface area contributed by atoms with Gasteiger partial charge in [-0.05, 0) is 65.5 Å². The Bertz CT molecular complexity index is 2040. The second-order valence-electron chi connectivity index (χ2n) is 9.45. The average molecular weight is 491 g/mol. The Morgan fingerprint density at radius 1 is 0.405 bits per heavy atom. The molecule has 0 atom stereocenters. The molecular weight excluding hydrogens is 468 g/mol. The van der Waals surface area contributed by atoms with Crippen LogP contribution >= 0.6 is 11.3 Å². The summed E-state index contributed by atoms with van der Waals surface area (Å²) in [6.07, 6.45) is 0. The fourth-order valence-electron chi connectivity index (χ4n) is 5.82. The van der Waals surface area contributed by atoms with Gasteiger partial charge in [0.05, 0.1) is 22.1 Å². The van der Waals surface area contributed by atoms with E-state index in [9.17, 15) is 0 Å². The van der Waals surface area contributed by atoms with Crippen molar-refractivity contribution in [3.05, 3.63) is 133 Å². The lowest BCUT2D eigenvalue weighted by molar-refractivity contribution is 1.13. The predicted molar refractivity (Wildman–Crippen MR) is 158 cm³/mol. The van der Waals surface area contributed by atoms with Crippen LogP contribution in [0.1, 0.15) is 0 Å². The molecular formula is C34H22N2S. The van der Waals surface area contributed by atoms with Gasteiger partial charge in [-0.3, -0.25) is 0 Å². The van der Waals surface area contributed by atoms with Crippen molar-refractivity contribution in [3.8, 4) is 21.8 Å². The molecule has 0 amide bonds. The number of para-hydroxylation sites is 3. The van der Waals surface area contributed by atoms with Crippen LogP contribution in [0, 0.1) is 0 Å². The summed E-state index contributed by atoms with van der Waals surface area (Å²) in [4.78, 5) is 1.30. The number of aromatic nitrogens is 2. The summed E-state index contributed by atoms with van der Waals surface area (Å²) >= 11 is 1.79. The molecule has 0 aliphatic heterocycles. The smallest absolute Gasteiger partial charge is 0.0541 e. The van der Waals surface area contributed by atoms with Crippen molar-refractivity contribution in [2.75, 3.05) is 0 Å². The van der Waals surface area contributed by atoms with E-state index < -0.39 is 0 Å². The number of hydrogen-bond donors (Lipinski definition) is 0. The molecule has 0 aliphatic rings. The van der Waals surface area contributed by atoms with Gasteiger partial charge < -0.3 is 9.13 Å². The van der Waals surface area contributed by atoms with Gasteiger partial charge in [-0.15, -0.1) is 11.3 Å². The summed E-state index contributed by atoms with van der Waals surface area (Å²) in [6.45, 7) is 0. The molecule has 5 aromatic carbocycles. The van der Waals surface area contributed by atoms with Gasteiger partial charge in [-0.1, -0.05) is 72.8 Å². The minimum Gasteiger partial charge on any atom is -0.309 e. The van der Waals surface area contributed by atoms with Crippen molar-refractivity contribution >= 4 is 54.9 Å². The highest BCUT2D eigenvalue weighted by Gasteiger charge is 2.15. The van der Waals surface area contributed by atoms with Crippen molar-refractivity contribution in [2.24, 2.45) is 0 Å². The fraction of sp³-hybridized carbons (Fsp3) is 0. The molecule has 0 spiro atoms. The van der Waals surface area contributed by atoms with Crippen LogP contribution < -0.4 is 0 Å². The molecule has 3 heterocycles. The van der Waals surface area contributed by atoms with Crippen LogP contribution in [0.25, 0.3) is 65.4 Å². The molecule has 8 rings (SSSR count). The van der Waals surface area contributed by atoms with E-state index in [1.807, 2.05) is 0 Å². The molecule has 37 heavy (non-hydrogen) atoms. The first-order valence-electron chi connectivity index (χ1n) is 12.5. The van der Waals surface area contributed by atoms with Crippen LogP contribution in [0.3, 0.4) is 0 Å². The molecule has 8 aromatic rings. The highest BCUT2D eigenvalue weighted by atomic mass is 32.1. The molecule has 0 saturated carbocycles. The van der Waals surface area contributed by atoms with Gasteiger partial charge in [0.1, 0.15) is 0 Å². The molecule has 2 nitrogen and oxygen atoms in total. The van der Waals surface area contributed by atoms with Crippen molar-refractivity contribution in [1.82, 2.24) is 9.13 Å². The van der Waals surface area contributed by atoms with Gasteiger partial charge >= 0.3 is 0 Å². The third kappa shape index (κ3) is 3.05. The highest BCUT2D eigenvalue weighted by molar-refractivity contribution is 7.13. The molecule has 0 N–H and O–H groups in total. The topological polar surface area (TPSA) is 9.86 Å². The largest absolute Gasteiger partial charge is 0.309 e. The van der Waals surface area contributed by atoms with Crippen LogP contribution in [-0.2, 0) is 0 Å². The maximum atomic E-state index is 2.40. The Balaban J connectivity index is 1.40. The van der Waals surface area contributed by atoms with Gasteiger partial charge in [-0.2, -0.15) is 0 Å². The first-order chi connectivity index (χ1) is 18.4. The first-order valence-corrected chi connectivity index (χ1v) is 13.4. The Morgan fingerprint density at radius 3 is 1.51 bits per heavy atom. The number of rotatable bonds is 3. The zero-order valence-corrected chi connectivity index (χ0v) is 20.8. The molecule has 0 aliphatic carbocycles. The number of hydrogen-bond acceptors (Lipinski definition) is 1. The molecule has 3 heteroatoms. The standard InChI is InChI=1S/C34H22N2S/c1-4-14-30-26(11-1)27-12-2-5-15-31(27)35(30)24-9-7-10-25(22-24)36-32-16-6-3-13-28(32)29-21-23(18-19-33(29)36)34-17-8-20-37-34/h1-22H. The number of nitrogens with zero attached hydrogens (tertiary/aromatic N) is 2. The Hall–Kier alpha value is -4.60. The zero-order valence-electron chi connectivity index (χ0n) is 20.0. The predicted octanol–water partition coefficient (Wildman–Crippen LogP) is 9.61. The summed E-state index contributed by atoms with van der Waals surface area (Å²) in [5.74, 6) is 0. The van der Waals surface area contributed by atoms with Crippen LogP contribution in [0.4, 0.5) is 0 Å². The molecule has 0 saturated heterocycles. The SMILES string of the molecule is c1cc(-n2c3ccccc3c3ccccc32)cc(-n2c3ccccc3c3cc(-c4cccs4)ccc32)c1. The first kappa shape index (κ1) is 20.6. The molecule has 3 aromatic heterocycles. The van der Waals surface area contributed by atoms with Crippen molar-refractivity contribution in [2.45, 2.75) is 0 Å². The Labute approximate surface area is 218 Å². The molecule has 0 radical (unpaired) electrons. The zero-order chi connectivity index (χ0) is 24.3. The summed E-state index contributed by atoms with van der Waals surface area (Å²) in [6, 6.07) is 46.2. The summed E-state index contributed by atoms with van der Waals surface area (Å²) in [5.41, 5.74) is 8.49. The third-order valence-electron chi connectivity index (χ3n) is 7.40. The quantitative estimate of drug-likeness (QED) is 0.233. The van der Waals surface area contributed by atoms with Gasteiger partial charge in [0.25, 0.3) is 0 Å². The minimum atomic E-state index is 1.16. The van der Waals surface area contributed by atoms with Crippen molar-refractivity contribution in [1.29, 1.82) is 0 Å². The van der Waals surface area contributed by atoms with Crippen LogP contribution in [0.5, 0.6) is 0 Å². The lowest BCUT2D eigenvalue weighted by Crippen LogP contribution is -1.98. The third-order valence-corrected chi connectivity index (χ3v) is 8.32. The second kappa shape index (κ2) is 7.95. The summed E-state index contributed by atoms with van der Waals surface area (Å²) in [7, 11) is 0. The normalized spacial score (nSPS) is 11.8. The molecule has 0 fully saturated rings. The van der Waals surface area contributed by atoms with Crippen LogP contribution in [-0.4, -0.2) is 9.13 Å². The average Bonchev–Trinajstić information content (AvgIpc) is 3.68. The lowest BCUT2D eigenvalue weighted by atomic mass is 10.1. The van der Waals surface area contributed by atoms with Crippen molar-refractivity contribution in [3.63, 3.8) is 0 Å². The second-order valence-corrected chi connectivity index (χ2v) is 10.4. The maximum absolute atomic E-state index is 2.40. The highest BCUT2D eigenvalue weighted by Crippen LogP contribution is 2.37. The summed E-state index contributed by atoms with van der Waals surface area (Å²) in [5, 5.41) is 7.26. The van der Waals surface area contributed by atoms with E-state index in [-0.39, 0.29) is 0 Å². The minimum absolute atomic E-state index is 1.16. The van der Waals surface area contributed by atoms with E-state index in [0.29, 0.717) is 0 Å². The van der Waals surface area contributed by atoms with Gasteiger partial charge in [0, 0.05) is 37.8 Å². The van der Waals surface area contributed by atoms with Gasteiger partial charge in [0.15, 0.2) is 0 Å². The molecule has 0 bridgehead atoms. The Morgan fingerprint density at radius 2 is 0.946 bits per heavy atom. The van der Waals surface area contributed by atoms with Crippen molar-refractivity contribution < 1.29 is 0 Å². The maximum Gasteiger partial charge on any atom is 0.0541 e. The van der Waals surface area contributed by atoms with Gasteiger partial charge in [0.2, 0.25) is 0 Å². The van der Waals surface area contributed by atoms with E-state index in [1.54, 1.807) is 11.3 Å². The van der Waals surface area contributed by atoms with Crippen LogP contribution in [0.2, 0.25) is 0 Å². The summed E-state index contributed by atoms with van der Waals surface area (Å²) < 4.78 is 4.79. The van der Waals surface area contributed by atoms with E-state index in [0.717, 1.165) is 11.4 Å². The number of fused-ring (bicyclic) bond motifs is 6. The van der Waals surface area contributed by atoms with E-state index in [1.165, 1.54) is 54.1 Å². The van der Waals surface area contributed by atoms with Gasteiger partial charge in [-0.25, -0.2) is 0 Å². The monoisotopic (exact) mass is 490 g/mol. The molecule has 0 unspecified atom stereocenters. The van der Waals surface area contributed by atoms with E-state index >= 15 is 0 Å². The van der Waals surface area contributed by atoms with E-state index in [4.69, 9.17) is 0 Å². The lowest BCUT2D eigenvalue weighted by Gasteiger charge is -2.13.